The summed E-state index contributed by atoms with van der Waals surface area (Å²) < 4.78 is 50.3. The summed E-state index contributed by atoms with van der Waals surface area (Å²) in [7, 11) is 0. The van der Waals surface area contributed by atoms with E-state index in [1.54, 1.807) is 0 Å². The van der Waals surface area contributed by atoms with Gasteiger partial charge in [-0.2, -0.15) is 0 Å². The lowest BCUT2D eigenvalue weighted by Gasteiger charge is -2.33. The number of carbonyl (C=O) groups is 1. The summed E-state index contributed by atoms with van der Waals surface area (Å²) in [5.74, 6) is -3.20. The third-order valence-electron chi connectivity index (χ3n) is 2.60. The van der Waals surface area contributed by atoms with Crippen LogP contribution in [0.25, 0.3) is 0 Å². The van der Waals surface area contributed by atoms with Crippen molar-refractivity contribution in [1.29, 1.82) is 0 Å². The molecule has 20 heavy (non-hydrogen) atoms. The molecule has 1 aliphatic rings. The highest BCUT2D eigenvalue weighted by molar-refractivity contribution is 6.30. The topological polar surface area (TPSA) is 65.0 Å². The summed E-state index contributed by atoms with van der Waals surface area (Å²) in [4.78, 5) is 10.4. The molecule has 0 aromatic heterocycles. The van der Waals surface area contributed by atoms with E-state index in [1.165, 1.54) is 0 Å². The Balaban J connectivity index is 2.53. The third-order valence-corrected chi connectivity index (χ3v) is 2.81. The Labute approximate surface area is 115 Å². The van der Waals surface area contributed by atoms with Gasteiger partial charge >= 0.3 is 6.36 Å². The van der Waals surface area contributed by atoms with Crippen molar-refractivity contribution in [3.63, 3.8) is 0 Å². The van der Waals surface area contributed by atoms with Gasteiger partial charge in [-0.3, -0.25) is 4.79 Å². The van der Waals surface area contributed by atoms with Crippen molar-refractivity contribution in [1.82, 2.24) is 0 Å². The Hall–Kier alpha value is -1.67. The molecule has 1 aromatic rings. The van der Waals surface area contributed by atoms with Gasteiger partial charge in [-0.25, -0.2) is 0 Å². The van der Waals surface area contributed by atoms with Gasteiger partial charge in [0.25, 0.3) is 6.47 Å². The normalized spacial score (nSPS) is 21.6. The molecule has 1 unspecified atom stereocenters. The van der Waals surface area contributed by atoms with Crippen LogP contribution in [0.5, 0.6) is 11.5 Å². The Morgan fingerprint density at radius 1 is 1.45 bits per heavy atom. The first-order chi connectivity index (χ1) is 9.25. The second-order valence-corrected chi connectivity index (χ2v) is 4.36. The standard InChI is InChI=1S/C11H8ClF3O5/c12-6-3-7-9(8(4-6)20-11(13,14)15)18-2-1-10(7,17)19-5-16/h3-5,17H,1-2H2. The molecule has 0 radical (unpaired) electrons. The number of hydrogen-bond donors (Lipinski definition) is 1. The number of benzene rings is 1. The molecule has 0 bridgehead atoms. The lowest BCUT2D eigenvalue weighted by Crippen LogP contribution is -2.35. The van der Waals surface area contributed by atoms with Gasteiger partial charge in [0.1, 0.15) is 0 Å². The van der Waals surface area contributed by atoms with Crippen LogP contribution in [0, 0.1) is 0 Å². The molecular weight excluding hydrogens is 305 g/mol. The summed E-state index contributed by atoms with van der Waals surface area (Å²) in [5.41, 5.74) is -0.206. The number of aliphatic hydroxyl groups is 1. The van der Waals surface area contributed by atoms with Crippen LogP contribution in [0.4, 0.5) is 13.2 Å². The maximum Gasteiger partial charge on any atom is 0.573 e. The van der Waals surface area contributed by atoms with Gasteiger partial charge in [0.2, 0.25) is 5.79 Å². The van der Waals surface area contributed by atoms with E-state index in [9.17, 15) is 23.1 Å². The largest absolute Gasteiger partial charge is 0.573 e. The van der Waals surface area contributed by atoms with Gasteiger partial charge < -0.3 is 19.3 Å². The summed E-state index contributed by atoms with van der Waals surface area (Å²) in [6.45, 7) is -0.173. The average molecular weight is 313 g/mol. The van der Waals surface area contributed by atoms with Crippen LogP contribution in [0.15, 0.2) is 12.1 Å². The van der Waals surface area contributed by atoms with Crippen molar-refractivity contribution < 1.29 is 37.3 Å². The number of rotatable bonds is 3. The molecule has 2 rings (SSSR count). The summed E-state index contributed by atoms with van der Waals surface area (Å²) in [6, 6.07) is 2.03. The fraction of sp³-hybridized carbons (Fsp3) is 0.364. The van der Waals surface area contributed by atoms with Gasteiger partial charge in [-0.1, -0.05) is 11.6 Å². The van der Waals surface area contributed by atoms with E-state index < -0.39 is 17.9 Å². The van der Waals surface area contributed by atoms with E-state index >= 15 is 0 Å². The minimum atomic E-state index is -4.96. The van der Waals surface area contributed by atoms with Crippen LogP contribution in [0.3, 0.4) is 0 Å². The van der Waals surface area contributed by atoms with E-state index in [2.05, 4.69) is 9.47 Å². The zero-order chi connectivity index (χ0) is 15.0. The zero-order valence-electron chi connectivity index (χ0n) is 9.74. The molecule has 1 atom stereocenters. The Morgan fingerprint density at radius 2 is 2.15 bits per heavy atom. The SMILES string of the molecule is O=COC1(O)CCOc2c(OC(F)(F)F)cc(Cl)cc21. The second-order valence-electron chi connectivity index (χ2n) is 3.93. The molecule has 0 saturated carbocycles. The van der Waals surface area contributed by atoms with Crippen LogP contribution in [-0.4, -0.2) is 24.5 Å². The second kappa shape index (κ2) is 5.02. The van der Waals surface area contributed by atoms with Crippen LogP contribution in [0.1, 0.15) is 12.0 Å². The highest BCUT2D eigenvalue weighted by Crippen LogP contribution is 2.46. The Kier molecular flexibility index (Phi) is 3.70. The molecule has 1 aromatic carbocycles. The minimum Gasteiger partial charge on any atom is -0.489 e. The van der Waals surface area contributed by atoms with E-state index in [1.807, 2.05) is 0 Å². The first-order valence-corrected chi connectivity index (χ1v) is 5.69. The first-order valence-electron chi connectivity index (χ1n) is 5.31. The predicted molar refractivity (Wildman–Crippen MR) is 59.3 cm³/mol. The Bertz CT molecular complexity index is 534. The van der Waals surface area contributed by atoms with E-state index in [4.69, 9.17) is 16.3 Å². The number of hydrogen-bond acceptors (Lipinski definition) is 5. The molecule has 0 aliphatic carbocycles. The molecule has 0 amide bonds. The molecule has 9 heteroatoms. The number of halogens is 4. The molecule has 110 valence electrons. The smallest absolute Gasteiger partial charge is 0.489 e. The molecule has 5 nitrogen and oxygen atoms in total. The van der Waals surface area contributed by atoms with Crippen molar-refractivity contribution in [3.8, 4) is 11.5 Å². The first kappa shape index (κ1) is 14.7. The van der Waals surface area contributed by atoms with E-state index in [0.717, 1.165) is 12.1 Å². The maximum absolute atomic E-state index is 12.3. The van der Waals surface area contributed by atoms with Gasteiger partial charge in [-0.15, -0.1) is 13.2 Å². The quantitative estimate of drug-likeness (QED) is 0.685. The van der Waals surface area contributed by atoms with Crippen molar-refractivity contribution in [3.05, 3.63) is 22.7 Å². The van der Waals surface area contributed by atoms with E-state index in [0.29, 0.717) is 0 Å². The van der Waals surface area contributed by atoms with Crippen molar-refractivity contribution in [2.24, 2.45) is 0 Å². The number of carbonyl (C=O) groups excluding carboxylic acids is 1. The number of ether oxygens (including phenoxy) is 3. The molecule has 0 spiro atoms. The molecule has 1 N–H and O–H groups in total. The molecule has 0 saturated heterocycles. The molecule has 1 aliphatic heterocycles. The average Bonchev–Trinajstić information content (AvgIpc) is 2.29. The number of fused-ring (bicyclic) bond motifs is 1. The lowest BCUT2D eigenvalue weighted by molar-refractivity contribution is -0.275. The van der Waals surface area contributed by atoms with Gasteiger partial charge in [0, 0.05) is 11.1 Å². The summed E-state index contributed by atoms with van der Waals surface area (Å²) in [6.07, 6.45) is -5.10. The Morgan fingerprint density at radius 3 is 2.75 bits per heavy atom. The fourth-order valence-electron chi connectivity index (χ4n) is 1.84. The highest BCUT2D eigenvalue weighted by atomic mass is 35.5. The van der Waals surface area contributed by atoms with Crippen LogP contribution >= 0.6 is 11.6 Å². The van der Waals surface area contributed by atoms with Crippen LogP contribution in [-0.2, 0) is 15.3 Å². The number of alkyl halides is 3. The zero-order valence-corrected chi connectivity index (χ0v) is 10.5. The summed E-state index contributed by atoms with van der Waals surface area (Å²) in [5, 5.41) is 10.0. The monoisotopic (exact) mass is 312 g/mol. The van der Waals surface area contributed by atoms with Crippen molar-refractivity contribution >= 4 is 18.1 Å². The fourth-order valence-corrected chi connectivity index (χ4v) is 2.04. The van der Waals surface area contributed by atoms with Gasteiger partial charge in [0.05, 0.1) is 18.6 Å². The van der Waals surface area contributed by atoms with Gasteiger partial charge in [-0.05, 0) is 6.07 Å². The lowest BCUT2D eigenvalue weighted by atomic mass is 9.99. The molecular formula is C11H8ClF3O5. The van der Waals surface area contributed by atoms with Crippen LogP contribution < -0.4 is 9.47 Å². The van der Waals surface area contributed by atoms with E-state index in [-0.39, 0.29) is 35.8 Å². The van der Waals surface area contributed by atoms with Crippen LogP contribution in [0.2, 0.25) is 5.02 Å². The third kappa shape index (κ3) is 2.91. The van der Waals surface area contributed by atoms with Gasteiger partial charge in [0.15, 0.2) is 11.5 Å². The summed E-state index contributed by atoms with van der Waals surface area (Å²) >= 11 is 5.68. The predicted octanol–water partition coefficient (Wildman–Crippen LogP) is 2.34. The minimum absolute atomic E-state index is 0.0136. The molecule has 0 fully saturated rings. The van der Waals surface area contributed by atoms with Crippen molar-refractivity contribution in [2.75, 3.05) is 6.61 Å². The highest BCUT2D eigenvalue weighted by Gasteiger charge is 2.42. The van der Waals surface area contributed by atoms with Crippen molar-refractivity contribution in [2.45, 2.75) is 18.6 Å². The maximum atomic E-state index is 12.3. The molecule has 1 heterocycles.